The molecule has 54 heavy (non-hydrogen) atoms. The van der Waals surface area contributed by atoms with Crippen LogP contribution in [0.1, 0.15) is 245 Å². The highest BCUT2D eigenvalue weighted by atomic mass is 16.5. The Balaban J connectivity index is 4.17. The Hall–Kier alpha value is -1.40. The highest BCUT2D eigenvalue weighted by Gasteiger charge is 2.15. The van der Waals surface area contributed by atoms with E-state index in [1.165, 1.54) is 128 Å². The van der Waals surface area contributed by atoms with Crippen LogP contribution in [0, 0.1) is 0 Å². The molecule has 0 rings (SSSR count). The van der Waals surface area contributed by atoms with E-state index >= 15 is 0 Å². The molecule has 320 valence electrons. The molecule has 0 aromatic carbocycles. The molecule has 0 bridgehead atoms. The number of unbranched alkanes of at least 4 members (excludes halogenated alkanes) is 23. The van der Waals surface area contributed by atoms with Crippen LogP contribution in [0.15, 0.2) is 12.7 Å². The summed E-state index contributed by atoms with van der Waals surface area (Å²) in [6.45, 7) is 14.0. The summed E-state index contributed by atoms with van der Waals surface area (Å²) in [4.78, 5) is 27.7. The smallest absolute Gasteiger partial charge is 0.306 e. The van der Waals surface area contributed by atoms with Crippen molar-refractivity contribution in [3.05, 3.63) is 12.7 Å². The first-order valence-electron chi connectivity index (χ1n) is 23.8. The molecule has 0 aromatic heterocycles. The zero-order valence-corrected chi connectivity index (χ0v) is 36.5. The van der Waals surface area contributed by atoms with Crippen molar-refractivity contribution >= 4 is 11.9 Å². The van der Waals surface area contributed by atoms with Crippen LogP contribution in [-0.4, -0.2) is 60.4 Å². The van der Waals surface area contributed by atoms with Gasteiger partial charge in [-0.2, -0.15) is 0 Å². The van der Waals surface area contributed by atoms with E-state index in [0.717, 1.165) is 103 Å². The predicted molar refractivity (Wildman–Crippen MR) is 232 cm³/mol. The van der Waals surface area contributed by atoms with E-state index in [1.807, 2.05) is 6.08 Å². The fourth-order valence-corrected chi connectivity index (χ4v) is 7.52. The predicted octanol–water partition coefficient (Wildman–Crippen LogP) is 14.0. The van der Waals surface area contributed by atoms with Gasteiger partial charge in [0.15, 0.2) is 0 Å². The molecule has 0 aromatic rings. The van der Waals surface area contributed by atoms with Crippen LogP contribution in [0.3, 0.4) is 0 Å². The van der Waals surface area contributed by atoms with Gasteiger partial charge in [0.2, 0.25) is 0 Å². The van der Waals surface area contributed by atoms with Gasteiger partial charge >= 0.3 is 11.9 Å². The molecule has 0 aliphatic rings. The fraction of sp³-hybridized carbons (Fsp3) is 0.917. The molecule has 6 nitrogen and oxygen atoms in total. The second kappa shape index (κ2) is 42.7. The SMILES string of the molecule is C=CCC(CCCCCCCC)OC(=O)CCCCCCCN(CCCO)CCCCCCCC(=O)OC(CCCCCCCC)CCCCCCCC. The third kappa shape index (κ3) is 37.5. The summed E-state index contributed by atoms with van der Waals surface area (Å²) in [5.41, 5.74) is 0. The van der Waals surface area contributed by atoms with Gasteiger partial charge in [0.1, 0.15) is 12.2 Å². The van der Waals surface area contributed by atoms with Gasteiger partial charge in [-0.05, 0) is 83.7 Å². The number of carbonyl (C=O) groups excluding carboxylic acids is 2. The number of carbonyl (C=O) groups is 2. The van der Waals surface area contributed by atoms with E-state index in [-0.39, 0.29) is 30.8 Å². The third-order valence-corrected chi connectivity index (χ3v) is 11.0. The van der Waals surface area contributed by atoms with Crippen molar-refractivity contribution < 1.29 is 24.2 Å². The molecule has 0 saturated carbocycles. The molecular formula is C48H93NO5. The lowest BCUT2D eigenvalue weighted by atomic mass is 10.0. The standard InChI is InChI=1S/C48H93NO5/c1-5-9-12-15-20-27-36-45(35-8-4)53-47(51)39-30-23-18-25-32-41-49(43-34-44-50)42-33-26-19-24-31-40-48(52)54-46(37-28-21-16-13-10-6-2)38-29-22-17-14-11-7-3/h8,45-46,50H,4-7,9-44H2,1-3H3. The van der Waals surface area contributed by atoms with Crippen molar-refractivity contribution in [2.24, 2.45) is 0 Å². The van der Waals surface area contributed by atoms with Crippen molar-refractivity contribution in [3.63, 3.8) is 0 Å². The average Bonchev–Trinajstić information content (AvgIpc) is 3.16. The Kier molecular flexibility index (Phi) is 41.6. The van der Waals surface area contributed by atoms with Crippen molar-refractivity contribution in [1.82, 2.24) is 4.90 Å². The van der Waals surface area contributed by atoms with Crippen molar-refractivity contribution in [2.45, 2.75) is 258 Å². The number of nitrogens with zero attached hydrogens (tertiary/aromatic N) is 1. The topological polar surface area (TPSA) is 76.1 Å². The highest BCUT2D eigenvalue weighted by molar-refractivity contribution is 5.69. The molecule has 6 heteroatoms. The molecule has 0 fully saturated rings. The molecule has 0 amide bonds. The monoisotopic (exact) mass is 764 g/mol. The van der Waals surface area contributed by atoms with Crippen molar-refractivity contribution in [3.8, 4) is 0 Å². The Morgan fingerprint density at radius 1 is 0.481 bits per heavy atom. The molecule has 1 N–H and O–H groups in total. The molecule has 0 heterocycles. The van der Waals surface area contributed by atoms with Gasteiger partial charge in [-0.1, -0.05) is 162 Å². The van der Waals surface area contributed by atoms with Crippen LogP contribution >= 0.6 is 0 Å². The average molecular weight is 764 g/mol. The second-order valence-corrected chi connectivity index (χ2v) is 16.4. The first-order chi connectivity index (χ1) is 26.5. The number of aliphatic hydroxyl groups excluding tert-OH is 1. The lowest BCUT2D eigenvalue weighted by Gasteiger charge is -2.22. The first-order valence-corrected chi connectivity index (χ1v) is 23.8. The van der Waals surface area contributed by atoms with E-state index in [0.29, 0.717) is 12.8 Å². The molecule has 0 saturated heterocycles. The molecule has 0 aliphatic carbocycles. The van der Waals surface area contributed by atoms with Crippen molar-refractivity contribution in [2.75, 3.05) is 26.2 Å². The van der Waals surface area contributed by atoms with Crippen molar-refractivity contribution in [1.29, 1.82) is 0 Å². The lowest BCUT2D eigenvalue weighted by Crippen LogP contribution is -2.27. The first kappa shape index (κ1) is 52.6. The maximum atomic E-state index is 12.7. The summed E-state index contributed by atoms with van der Waals surface area (Å²) in [6.07, 6.45) is 41.6. The lowest BCUT2D eigenvalue weighted by molar-refractivity contribution is -0.150. The molecular weight excluding hydrogens is 671 g/mol. The maximum absolute atomic E-state index is 12.7. The minimum atomic E-state index is -0.0470. The summed E-state index contributed by atoms with van der Waals surface area (Å²) < 4.78 is 11.8. The van der Waals surface area contributed by atoms with E-state index < -0.39 is 0 Å². The summed E-state index contributed by atoms with van der Waals surface area (Å²) in [5, 5.41) is 9.42. The molecule has 0 radical (unpaired) electrons. The van der Waals surface area contributed by atoms with Gasteiger partial charge in [-0.15, -0.1) is 6.58 Å². The molecule has 0 aliphatic heterocycles. The minimum Gasteiger partial charge on any atom is -0.462 e. The third-order valence-electron chi connectivity index (χ3n) is 11.0. The van der Waals surface area contributed by atoms with Gasteiger partial charge in [-0.3, -0.25) is 9.59 Å². The Bertz CT molecular complexity index is 788. The van der Waals surface area contributed by atoms with Crippen LogP contribution in [0.4, 0.5) is 0 Å². The van der Waals surface area contributed by atoms with Gasteiger partial charge in [-0.25, -0.2) is 0 Å². The molecule has 1 unspecified atom stereocenters. The van der Waals surface area contributed by atoms with Gasteiger partial charge < -0.3 is 19.5 Å². The quantitative estimate of drug-likeness (QED) is 0.0378. The second-order valence-electron chi connectivity index (χ2n) is 16.4. The Labute approximate surface area is 336 Å². The number of hydrogen-bond acceptors (Lipinski definition) is 6. The summed E-state index contributed by atoms with van der Waals surface area (Å²) in [6, 6.07) is 0. The van der Waals surface area contributed by atoms with Gasteiger partial charge in [0, 0.05) is 32.4 Å². The Morgan fingerprint density at radius 2 is 0.815 bits per heavy atom. The van der Waals surface area contributed by atoms with Crippen LogP contribution in [-0.2, 0) is 19.1 Å². The van der Waals surface area contributed by atoms with Gasteiger partial charge in [0.25, 0.3) is 0 Å². The normalized spacial score (nSPS) is 12.1. The largest absolute Gasteiger partial charge is 0.462 e. The number of hydrogen-bond donors (Lipinski definition) is 1. The van der Waals surface area contributed by atoms with Gasteiger partial charge in [0.05, 0.1) is 0 Å². The summed E-state index contributed by atoms with van der Waals surface area (Å²) in [7, 11) is 0. The van der Waals surface area contributed by atoms with Crippen LogP contribution in [0.25, 0.3) is 0 Å². The van der Waals surface area contributed by atoms with Crippen LogP contribution in [0.2, 0.25) is 0 Å². The van der Waals surface area contributed by atoms with E-state index in [2.05, 4.69) is 32.3 Å². The highest BCUT2D eigenvalue weighted by Crippen LogP contribution is 2.19. The van der Waals surface area contributed by atoms with E-state index in [1.54, 1.807) is 0 Å². The number of rotatable bonds is 44. The number of esters is 2. The Morgan fingerprint density at radius 3 is 1.22 bits per heavy atom. The summed E-state index contributed by atoms with van der Waals surface area (Å²) in [5.74, 6) is -0.0303. The van der Waals surface area contributed by atoms with E-state index in [4.69, 9.17) is 9.47 Å². The summed E-state index contributed by atoms with van der Waals surface area (Å²) >= 11 is 0. The van der Waals surface area contributed by atoms with Crippen LogP contribution < -0.4 is 0 Å². The maximum Gasteiger partial charge on any atom is 0.306 e. The number of ether oxygens (including phenoxy) is 2. The zero-order chi connectivity index (χ0) is 39.6. The van der Waals surface area contributed by atoms with Crippen LogP contribution in [0.5, 0.6) is 0 Å². The minimum absolute atomic E-state index is 0.00764. The fourth-order valence-electron chi connectivity index (χ4n) is 7.52. The molecule has 0 spiro atoms. The van der Waals surface area contributed by atoms with E-state index in [9.17, 15) is 14.7 Å². The zero-order valence-electron chi connectivity index (χ0n) is 36.5. The molecule has 1 atom stereocenters. The number of aliphatic hydroxyl groups is 1.